The van der Waals surface area contributed by atoms with E-state index in [9.17, 15) is 20.0 Å². The quantitative estimate of drug-likeness (QED) is 0.482. The molecular weight excluding hydrogens is 378 g/mol. The first-order chi connectivity index (χ1) is 14.3. The molecule has 2 N–H and O–H groups in total. The first-order valence-electron chi connectivity index (χ1n) is 9.34. The van der Waals surface area contributed by atoms with E-state index in [0.717, 1.165) is 17.1 Å². The first kappa shape index (κ1) is 20.6. The minimum Gasteiger partial charge on any atom is -0.478 e. The van der Waals surface area contributed by atoms with Crippen LogP contribution in [0.5, 0.6) is 0 Å². The van der Waals surface area contributed by atoms with Crippen molar-refractivity contribution < 1.29 is 14.7 Å². The fourth-order valence-corrected chi connectivity index (χ4v) is 3.43. The number of carbonyl (C=O) groups excluding carboxylic acids is 1. The van der Waals surface area contributed by atoms with E-state index in [1.54, 1.807) is 49.4 Å². The molecule has 150 valence electrons. The van der Waals surface area contributed by atoms with E-state index in [1.807, 2.05) is 42.7 Å². The van der Waals surface area contributed by atoms with Crippen LogP contribution in [0.1, 0.15) is 32.9 Å². The number of benzene rings is 2. The zero-order chi connectivity index (χ0) is 21.8. The maximum absolute atomic E-state index is 12.5. The molecule has 0 saturated carbocycles. The highest BCUT2D eigenvalue weighted by Crippen LogP contribution is 2.26. The molecule has 0 saturated heterocycles. The topological polar surface area (TPSA) is 95.1 Å². The summed E-state index contributed by atoms with van der Waals surface area (Å²) < 4.78 is 1.93. The largest absolute Gasteiger partial charge is 0.478 e. The van der Waals surface area contributed by atoms with Crippen LogP contribution < -0.4 is 5.32 Å². The molecule has 1 amide bonds. The van der Waals surface area contributed by atoms with Crippen molar-refractivity contribution >= 4 is 23.6 Å². The molecule has 2 aromatic carbocycles. The summed E-state index contributed by atoms with van der Waals surface area (Å²) in [6.45, 7) is 5.53. The normalized spacial score (nSPS) is 11.1. The Bertz CT molecular complexity index is 1200. The van der Waals surface area contributed by atoms with E-state index < -0.39 is 11.9 Å². The van der Waals surface area contributed by atoms with Gasteiger partial charge in [-0.05, 0) is 68.3 Å². The van der Waals surface area contributed by atoms with E-state index in [-0.39, 0.29) is 11.1 Å². The van der Waals surface area contributed by atoms with Gasteiger partial charge in [-0.1, -0.05) is 24.3 Å². The van der Waals surface area contributed by atoms with Gasteiger partial charge in [0.2, 0.25) is 0 Å². The van der Waals surface area contributed by atoms with Crippen LogP contribution in [0.4, 0.5) is 5.69 Å². The summed E-state index contributed by atoms with van der Waals surface area (Å²) in [5, 5.41) is 21.6. The summed E-state index contributed by atoms with van der Waals surface area (Å²) in [6, 6.07) is 17.9. The van der Waals surface area contributed by atoms with Crippen LogP contribution in [0.25, 0.3) is 11.8 Å². The lowest BCUT2D eigenvalue weighted by Crippen LogP contribution is -2.13. The third kappa shape index (κ3) is 4.01. The van der Waals surface area contributed by atoms with E-state index in [2.05, 4.69) is 5.32 Å². The average molecular weight is 399 g/mol. The Hall–Kier alpha value is -4.11. The third-order valence-corrected chi connectivity index (χ3v) is 4.94. The Labute approximate surface area is 174 Å². The molecule has 0 radical (unpaired) electrons. The van der Waals surface area contributed by atoms with Crippen LogP contribution in [-0.4, -0.2) is 21.6 Å². The number of nitrogens with zero attached hydrogens (tertiary/aromatic N) is 2. The monoisotopic (exact) mass is 399 g/mol. The molecule has 1 heterocycles. The van der Waals surface area contributed by atoms with Gasteiger partial charge in [0.15, 0.2) is 0 Å². The standard InChI is InChI=1S/C24H21N3O3/c1-15-12-18(13-19(14-25)23(28)26-20-8-5-4-6-9-20)17(3)27(15)22-11-7-10-21(16(22)2)24(29)30/h4-13H,1-3H3,(H,26,28)(H,29,30)/b19-13-. The zero-order valence-electron chi connectivity index (χ0n) is 16.9. The summed E-state index contributed by atoms with van der Waals surface area (Å²) in [5.74, 6) is -1.47. The van der Waals surface area contributed by atoms with Gasteiger partial charge < -0.3 is 15.0 Å². The smallest absolute Gasteiger partial charge is 0.336 e. The van der Waals surface area contributed by atoms with Crippen molar-refractivity contribution in [2.24, 2.45) is 0 Å². The van der Waals surface area contributed by atoms with Gasteiger partial charge >= 0.3 is 5.97 Å². The highest BCUT2D eigenvalue weighted by atomic mass is 16.4. The van der Waals surface area contributed by atoms with E-state index in [4.69, 9.17) is 0 Å². The molecule has 0 bridgehead atoms. The molecule has 1 aromatic heterocycles. The molecule has 0 fully saturated rings. The molecule has 0 unspecified atom stereocenters. The van der Waals surface area contributed by atoms with E-state index in [1.165, 1.54) is 0 Å². The number of carboxylic acids is 1. The lowest BCUT2D eigenvalue weighted by Gasteiger charge is -2.14. The number of nitrogens with one attached hydrogen (secondary N) is 1. The second kappa shape index (κ2) is 8.50. The van der Waals surface area contributed by atoms with Gasteiger partial charge in [-0.25, -0.2) is 4.79 Å². The van der Waals surface area contributed by atoms with Gasteiger partial charge in [0.05, 0.1) is 5.56 Å². The Balaban J connectivity index is 2.01. The van der Waals surface area contributed by atoms with Crippen LogP contribution >= 0.6 is 0 Å². The molecule has 0 aliphatic rings. The highest BCUT2D eigenvalue weighted by Gasteiger charge is 2.17. The van der Waals surface area contributed by atoms with Crippen LogP contribution in [0.3, 0.4) is 0 Å². The predicted octanol–water partition coefficient (Wildman–Crippen LogP) is 4.65. The molecule has 3 rings (SSSR count). The number of hydrogen-bond donors (Lipinski definition) is 2. The molecule has 0 atom stereocenters. The van der Waals surface area contributed by atoms with Gasteiger partial charge in [-0.15, -0.1) is 0 Å². The third-order valence-electron chi connectivity index (χ3n) is 4.94. The molecule has 30 heavy (non-hydrogen) atoms. The van der Waals surface area contributed by atoms with Crippen LogP contribution in [0.15, 0.2) is 60.2 Å². The van der Waals surface area contributed by atoms with Gasteiger partial charge in [-0.2, -0.15) is 5.26 Å². The summed E-state index contributed by atoms with van der Waals surface area (Å²) in [7, 11) is 0. The van der Waals surface area contributed by atoms with E-state index >= 15 is 0 Å². The van der Waals surface area contributed by atoms with Crippen molar-refractivity contribution in [2.45, 2.75) is 20.8 Å². The SMILES string of the molecule is Cc1c(C(=O)O)cccc1-n1c(C)cc(/C=C(/C#N)C(=O)Nc2ccccc2)c1C. The number of carbonyl (C=O) groups is 2. The summed E-state index contributed by atoms with van der Waals surface area (Å²) in [4.78, 5) is 24.0. The number of rotatable bonds is 5. The highest BCUT2D eigenvalue weighted by molar-refractivity contribution is 6.09. The van der Waals surface area contributed by atoms with Crippen LogP contribution in [0.2, 0.25) is 0 Å². The van der Waals surface area contributed by atoms with Crippen LogP contribution in [-0.2, 0) is 4.79 Å². The van der Waals surface area contributed by atoms with Crippen molar-refractivity contribution in [2.75, 3.05) is 5.32 Å². The Morgan fingerprint density at radius 1 is 1.07 bits per heavy atom. The Kier molecular flexibility index (Phi) is 5.84. The number of anilines is 1. The van der Waals surface area contributed by atoms with Crippen molar-refractivity contribution in [1.82, 2.24) is 4.57 Å². The maximum Gasteiger partial charge on any atom is 0.336 e. The zero-order valence-corrected chi connectivity index (χ0v) is 16.9. The first-order valence-corrected chi connectivity index (χ1v) is 9.34. The number of amides is 1. The predicted molar refractivity (Wildman–Crippen MR) is 116 cm³/mol. The number of nitriles is 1. The van der Waals surface area contributed by atoms with Crippen LogP contribution in [0, 0.1) is 32.1 Å². The Morgan fingerprint density at radius 3 is 2.40 bits per heavy atom. The molecule has 0 spiro atoms. The van der Waals surface area contributed by atoms with Crippen molar-refractivity contribution in [3.8, 4) is 11.8 Å². The Morgan fingerprint density at radius 2 is 1.77 bits per heavy atom. The number of aromatic carboxylic acids is 1. The lowest BCUT2D eigenvalue weighted by atomic mass is 10.1. The van der Waals surface area contributed by atoms with Crippen molar-refractivity contribution in [3.63, 3.8) is 0 Å². The number of aryl methyl sites for hydroxylation is 1. The molecule has 0 aliphatic heterocycles. The molecular formula is C24H21N3O3. The average Bonchev–Trinajstić information content (AvgIpc) is 2.99. The molecule has 0 aliphatic carbocycles. The molecule has 6 heteroatoms. The number of carboxylic acid groups (broad SMARTS) is 1. The van der Waals surface area contributed by atoms with Crippen molar-refractivity contribution in [3.05, 3.63) is 88.2 Å². The number of para-hydroxylation sites is 1. The number of aromatic nitrogens is 1. The summed E-state index contributed by atoms with van der Waals surface area (Å²) >= 11 is 0. The lowest BCUT2D eigenvalue weighted by molar-refractivity contribution is -0.112. The van der Waals surface area contributed by atoms with Gasteiger partial charge in [0.1, 0.15) is 11.6 Å². The van der Waals surface area contributed by atoms with Gasteiger partial charge in [0, 0.05) is 22.8 Å². The summed E-state index contributed by atoms with van der Waals surface area (Å²) in [6.07, 6.45) is 1.55. The maximum atomic E-state index is 12.5. The minimum atomic E-state index is -0.985. The minimum absolute atomic E-state index is 0.0184. The summed E-state index contributed by atoms with van der Waals surface area (Å²) in [5.41, 5.74) is 4.60. The second-order valence-electron chi connectivity index (χ2n) is 6.91. The molecule has 6 nitrogen and oxygen atoms in total. The number of hydrogen-bond acceptors (Lipinski definition) is 3. The van der Waals surface area contributed by atoms with Gasteiger partial charge in [-0.3, -0.25) is 4.79 Å². The van der Waals surface area contributed by atoms with E-state index in [0.29, 0.717) is 16.8 Å². The van der Waals surface area contributed by atoms with Crippen molar-refractivity contribution in [1.29, 1.82) is 5.26 Å². The fourth-order valence-electron chi connectivity index (χ4n) is 3.43. The fraction of sp³-hybridized carbons (Fsp3) is 0.125. The van der Waals surface area contributed by atoms with Gasteiger partial charge in [0.25, 0.3) is 5.91 Å². The second-order valence-corrected chi connectivity index (χ2v) is 6.91. The molecule has 3 aromatic rings.